The summed E-state index contributed by atoms with van der Waals surface area (Å²) >= 11 is 0. The second kappa shape index (κ2) is 3.49. The molecule has 0 amide bonds. The van der Waals surface area contributed by atoms with Crippen LogP contribution in [-0.2, 0) is 0 Å². The van der Waals surface area contributed by atoms with Crippen molar-refractivity contribution in [3.63, 3.8) is 0 Å². The molecule has 0 bridgehead atoms. The number of rotatable bonds is 3. The van der Waals surface area contributed by atoms with Gasteiger partial charge in [0.15, 0.2) is 5.58 Å². The summed E-state index contributed by atoms with van der Waals surface area (Å²) in [6.45, 7) is 2.36. The monoisotopic (exact) mass is 191 g/mol. The molecular formula is C10H9NO3. The Hall–Kier alpha value is -1.84. The molecule has 0 N–H and O–H groups in total. The molecule has 0 unspecified atom stereocenters. The normalized spacial score (nSPS) is 10.4. The molecule has 14 heavy (non-hydrogen) atoms. The first-order valence-corrected chi connectivity index (χ1v) is 4.32. The van der Waals surface area contributed by atoms with Gasteiger partial charge in [0.2, 0.25) is 0 Å². The predicted octanol–water partition coefficient (Wildman–Crippen LogP) is 2.04. The molecule has 0 fully saturated rings. The molecule has 1 aromatic carbocycles. The average molecular weight is 191 g/mol. The van der Waals surface area contributed by atoms with E-state index in [9.17, 15) is 4.79 Å². The minimum Gasteiger partial charge on any atom is -0.450 e. The first kappa shape index (κ1) is 8.74. The van der Waals surface area contributed by atoms with Crippen molar-refractivity contribution in [3.05, 3.63) is 23.8 Å². The highest BCUT2D eigenvalue weighted by Gasteiger charge is 2.06. The van der Waals surface area contributed by atoms with Crippen LogP contribution >= 0.6 is 0 Å². The fourth-order valence-corrected chi connectivity index (χ4v) is 1.18. The SMILES string of the molecule is CCOc1nc2cc(C=O)ccc2o1. The second-order valence-electron chi connectivity index (χ2n) is 2.76. The van der Waals surface area contributed by atoms with Crippen LogP contribution in [0.2, 0.25) is 0 Å². The Morgan fingerprint density at radius 1 is 1.57 bits per heavy atom. The Labute approximate surface area is 80.5 Å². The van der Waals surface area contributed by atoms with Crippen molar-refractivity contribution < 1.29 is 13.9 Å². The number of carbonyl (C=O) groups excluding carboxylic acids is 1. The van der Waals surface area contributed by atoms with Crippen molar-refractivity contribution in [3.8, 4) is 6.08 Å². The summed E-state index contributed by atoms with van der Waals surface area (Å²) in [6, 6.07) is 5.04. The zero-order chi connectivity index (χ0) is 9.97. The van der Waals surface area contributed by atoms with E-state index in [1.165, 1.54) is 0 Å². The van der Waals surface area contributed by atoms with Gasteiger partial charge in [0, 0.05) is 5.56 Å². The van der Waals surface area contributed by atoms with Gasteiger partial charge in [-0.1, -0.05) is 0 Å². The van der Waals surface area contributed by atoms with Crippen molar-refractivity contribution in [2.75, 3.05) is 6.61 Å². The lowest BCUT2D eigenvalue weighted by atomic mass is 10.2. The van der Waals surface area contributed by atoms with E-state index in [-0.39, 0.29) is 6.08 Å². The van der Waals surface area contributed by atoms with Gasteiger partial charge in [-0.15, -0.1) is 0 Å². The molecule has 72 valence electrons. The Kier molecular flexibility index (Phi) is 2.18. The first-order chi connectivity index (χ1) is 6.83. The quantitative estimate of drug-likeness (QED) is 0.696. The molecule has 1 aromatic heterocycles. The van der Waals surface area contributed by atoms with Crippen LogP contribution in [0, 0.1) is 0 Å². The maximum Gasteiger partial charge on any atom is 0.394 e. The van der Waals surface area contributed by atoms with Crippen LogP contribution in [0.4, 0.5) is 0 Å². The van der Waals surface area contributed by atoms with E-state index in [0.29, 0.717) is 23.3 Å². The highest BCUT2D eigenvalue weighted by atomic mass is 16.6. The Morgan fingerprint density at radius 3 is 3.14 bits per heavy atom. The summed E-state index contributed by atoms with van der Waals surface area (Å²) in [7, 11) is 0. The molecule has 4 nitrogen and oxygen atoms in total. The van der Waals surface area contributed by atoms with Crippen LogP contribution in [0.5, 0.6) is 6.08 Å². The number of oxazole rings is 1. The van der Waals surface area contributed by atoms with Crippen LogP contribution in [-0.4, -0.2) is 17.9 Å². The molecule has 0 atom stereocenters. The highest BCUT2D eigenvalue weighted by Crippen LogP contribution is 2.20. The van der Waals surface area contributed by atoms with Gasteiger partial charge in [-0.3, -0.25) is 4.79 Å². The third kappa shape index (κ3) is 1.46. The van der Waals surface area contributed by atoms with Gasteiger partial charge in [0.1, 0.15) is 11.8 Å². The number of carbonyl (C=O) groups is 1. The van der Waals surface area contributed by atoms with E-state index in [0.717, 1.165) is 6.29 Å². The topological polar surface area (TPSA) is 52.3 Å². The smallest absolute Gasteiger partial charge is 0.394 e. The lowest BCUT2D eigenvalue weighted by Gasteiger charge is -1.91. The molecule has 4 heteroatoms. The van der Waals surface area contributed by atoms with E-state index < -0.39 is 0 Å². The number of nitrogens with zero attached hydrogens (tertiary/aromatic N) is 1. The number of fused-ring (bicyclic) bond motifs is 1. The van der Waals surface area contributed by atoms with Gasteiger partial charge in [0.05, 0.1) is 6.61 Å². The van der Waals surface area contributed by atoms with Crippen molar-refractivity contribution in [2.24, 2.45) is 0 Å². The van der Waals surface area contributed by atoms with E-state index in [1.807, 2.05) is 6.92 Å². The van der Waals surface area contributed by atoms with E-state index >= 15 is 0 Å². The first-order valence-electron chi connectivity index (χ1n) is 4.32. The Bertz CT molecular complexity index is 461. The number of hydrogen-bond acceptors (Lipinski definition) is 4. The van der Waals surface area contributed by atoms with Crippen molar-refractivity contribution in [2.45, 2.75) is 6.92 Å². The van der Waals surface area contributed by atoms with Crippen LogP contribution < -0.4 is 4.74 Å². The molecule has 0 radical (unpaired) electrons. The molecular weight excluding hydrogens is 182 g/mol. The number of benzene rings is 1. The van der Waals surface area contributed by atoms with Gasteiger partial charge in [-0.25, -0.2) is 0 Å². The third-order valence-electron chi connectivity index (χ3n) is 1.80. The van der Waals surface area contributed by atoms with Crippen LogP contribution in [0.3, 0.4) is 0 Å². The molecule has 0 spiro atoms. The summed E-state index contributed by atoms with van der Waals surface area (Å²) in [5, 5.41) is 0. The minimum atomic E-state index is 0.241. The molecule has 2 aromatic rings. The number of ether oxygens (including phenoxy) is 1. The fraction of sp³-hybridized carbons (Fsp3) is 0.200. The van der Waals surface area contributed by atoms with E-state index in [2.05, 4.69) is 4.98 Å². The Balaban J connectivity index is 2.48. The van der Waals surface area contributed by atoms with Crippen LogP contribution in [0.25, 0.3) is 11.1 Å². The molecule has 0 saturated heterocycles. The summed E-state index contributed by atoms with van der Waals surface area (Å²) in [5.74, 6) is 0. The second-order valence-corrected chi connectivity index (χ2v) is 2.76. The van der Waals surface area contributed by atoms with E-state index in [4.69, 9.17) is 9.15 Å². The van der Waals surface area contributed by atoms with Crippen molar-refractivity contribution >= 4 is 17.4 Å². The summed E-state index contributed by atoms with van der Waals surface area (Å²) in [6.07, 6.45) is 1.01. The van der Waals surface area contributed by atoms with Crippen LogP contribution in [0.1, 0.15) is 17.3 Å². The minimum absolute atomic E-state index is 0.241. The highest BCUT2D eigenvalue weighted by molar-refractivity contribution is 5.83. The average Bonchev–Trinajstić information content (AvgIpc) is 2.59. The van der Waals surface area contributed by atoms with Crippen molar-refractivity contribution in [1.82, 2.24) is 4.98 Å². The lowest BCUT2D eigenvalue weighted by Crippen LogP contribution is -1.90. The zero-order valence-corrected chi connectivity index (χ0v) is 7.69. The molecule has 1 heterocycles. The molecule has 0 aliphatic rings. The largest absolute Gasteiger partial charge is 0.450 e. The summed E-state index contributed by atoms with van der Waals surface area (Å²) < 4.78 is 10.4. The molecule has 0 aliphatic heterocycles. The number of aromatic nitrogens is 1. The van der Waals surface area contributed by atoms with Gasteiger partial charge >= 0.3 is 6.08 Å². The number of aldehydes is 1. The van der Waals surface area contributed by atoms with Crippen LogP contribution in [0.15, 0.2) is 22.6 Å². The van der Waals surface area contributed by atoms with E-state index in [1.54, 1.807) is 18.2 Å². The van der Waals surface area contributed by atoms with Crippen molar-refractivity contribution in [1.29, 1.82) is 0 Å². The Morgan fingerprint density at radius 2 is 2.43 bits per heavy atom. The maximum atomic E-state index is 10.5. The van der Waals surface area contributed by atoms with Gasteiger partial charge in [0.25, 0.3) is 0 Å². The predicted molar refractivity (Wildman–Crippen MR) is 50.6 cm³/mol. The maximum absolute atomic E-state index is 10.5. The standard InChI is InChI=1S/C10H9NO3/c1-2-13-10-11-8-5-7(6-12)3-4-9(8)14-10/h3-6H,2H2,1H3. The van der Waals surface area contributed by atoms with Gasteiger partial charge in [-0.2, -0.15) is 4.98 Å². The summed E-state index contributed by atoms with van der Waals surface area (Å²) in [5.41, 5.74) is 1.84. The molecule has 0 aliphatic carbocycles. The lowest BCUT2D eigenvalue weighted by molar-refractivity contribution is 0.112. The number of hydrogen-bond donors (Lipinski definition) is 0. The van der Waals surface area contributed by atoms with Gasteiger partial charge in [-0.05, 0) is 25.1 Å². The zero-order valence-electron chi connectivity index (χ0n) is 7.69. The summed E-state index contributed by atoms with van der Waals surface area (Å²) in [4.78, 5) is 14.6. The van der Waals surface area contributed by atoms with Gasteiger partial charge < -0.3 is 9.15 Å². The third-order valence-corrected chi connectivity index (χ3v) is 1.80. The fourth-order valence-electron chi connectivity index (χ4n) is 1.18. The molecule has 2 rings (SSSR count). The molecule has 0 saturated carbocycles.